The molecule has 0 bridgehead atoms. The molecule has 2 N–H and O–H groups in total. The number of nitrogens with one attached hydrogen (secondary N) is 2. The van der Waals surface area contributed by atoms with E-state index in [1.165, 1.54) is 19.3 Å². The highest BCUT2D eigenvalue weighted by atomic mass is 16.7. The molecule has 2 amide bonds. The van der Waals surface area contributed by atoms with Crippen LogP contribution in [0.4, 0.5) is 0 Å². The fourth-order valence-corrected chi connectivity index (χ4v) is 2.54. The van der Waals surface area contributed by atoms with Crippen molar-refractivity contribution in [2.45, 2.75) is 96.8 Å². The normalized spacial score (nSPS) is 10.3. The van der Waals surface area contributed by atoms with Crippen LogP contribution in [0.25, 0.3) is 0 Å². The van der Waals surface area contributed by atoms with E-state index < -0.39 is 11.9 Å². The summed E-state index contributed by atoms with van der Waals surface area (Å²) in [5, 5.41) is 2.95. The molecule has 0 spiro atoms. The zero-order valence-corrected chi connectivity index (χ0v) is 16.7. The van der Waals surface area contributed by atoms with Crippen LogP contribution in [0.3, 0.4) is 0 Å². The van der Waals surface area contributed by atoms with Crippen LogP contribution in [0.15, 0.2) is 0 Å². The van der Waals surface area contributed by atoms with Crippen molar-refractivity contribution in [3.8, 4) is 0 Å². The van der Waals surface area contributed by atoms with Gasteiger partial charge in [0.1, 0.15) is 6.29 Å². The van der Waals surface area contributed by atoms with Gasteiger partial charge in [-0.1, -0.05) is 51.9 Å². The summed E-state index contributed by atoms with van der Waals surface area (Å²) in [4.78, 5) is 49.0. The smallest absolute Gasteiger partial charge is 0.332 e. The first kappa shape index (κ1) is 25.1. The second kappa shape index (κ2) is 18.9. The Labute approximate surface area is 162 Å². The first-order chi connectivity index (χ1) is 13.1. The Hall–Kier alpha value is -1.92. The van der Waals surface area contributed by atoms with Crippen molar-refractivity contribution in [1.29, 1.82) is 0 Å². The standard InChI is InChI=1S/C20H36N2O5/c1-2-3-4-6-9-13-18(24)21-16-11-8-5-7-10-15-20(26)27-22-19(25)14-12-17-23/h17H,2-16H2,1H3,(H,21,24)(H,22,25). The molecule has 0 unspecified atom stereocenters. The Kier molecular flexibility index (Phi) is 17.5. The molecule has 0 saturated carbocycles. The topological polar surface area (TPSA) is 102 Å². The number of hydrogen-bond donors (Lipinski definition) is 2. The van der Waals surface area contributed by atoms with Gasteiger partial charge in [-0.05, 0) is 19.3 Å². The summed E-state index contributed by atoms with van der Waals surface area (Å²) in [5.41, 5.74) is 2.03. The highest BCUT2D eigenvalue weighted by Gasteiger charge is 2.06. The zero-order valence-electron chi connectivity index (χ0n) is 16.7. The van der Waals surface area contributed by atoms with Crippen LogP contribution in [0.1, 0.15) is 96.8 Å². The van der Waals surface area contributed by atoms with E-state index in [1.54, 1.807) is 0 Å². The molecular formula is C20H36N2O5. The molecule has 0 aromatic heterocycles. The highest BCUT2D eigenvalue weighted by Crippen LogP contribution is 2.07. The van der Waals surface area contributed by atoms with Crippen molar-refractivity contribution in [1.82, 2.24) is 10.8 Å². The number of aldehydes is 1. The number of rotatable bonds is 17. The van der Waals surface area contributed by atoms with Gasteiger partial charge in [-0.3, -0.25) is 9.59 Å². The van der Waals surface area contributed by atoms with Gasteiger partial charge in [0.25, 0.3) is 5.91 Å². The maximum absolute atomic E-state index is 11.6. The van der Waals surface area contributed by atoms with Gasteiger partial charge in [0.15, 0.2) is 0 Å². The van der Waals surface area contributed by atoms with Gasteiger partial charge in [-0.25, -0.2) is 4.79 Å². The molecule has 0 aliphatic carbocycles. The first-order valence-electron chi connectivity index (χ1n) is 10.3. The van der Waals surface area contributed by atoms with Gasteiger partial charge in [-0.2, -0.15) is 5.48 Å². The Balaban J connectivity index is 3.36. The highest BCUT2D eigenvalue weighted by molar-refractivity contribution is 5.79. The number of carbonyl (C=O) groups excluding carboxylic acids is 4. The van der Waals surface area contributed by atoms with Crippen LogP contribution in [0.5, 0.6) is 0 Å². The second-order valence-corrected chi connectivity index (χ2v) is 6.74. The monoisotopic (exact) mass is 384 g/mol. The number of hydrogen-bond acceptors (Lipinski definition) is 5. The molecule has 0 rings (SSSR count). The first-order valence-corrected chi connectivity index (χ1v) is 10.3. The van der Waals surface area contributed by atoms with Crippen LogP contribution in [-0.2, 0) is 24.0 Å². The zero-order chi connectivity index (χ0) is 20.2. The van der Waals surface area contributed by atoms with Crippen LogP contribution in [0, 0.1) is 0 Å². The lowest BCUT2D eigenvalue weighted by Crippen LogP contribution is -2.26. The molecule has 0 fully saturated rings. The van der Waals surface area contributed by atoms with E-state index >= 15 is 0 Å². The predicted octanol–water partition coefficient (Wildman–Crippen LogP) is 3.36. The summed E-state index contributed by atoms with van der Waals surface area (Å²) >= 11 is 0. The summed E-state index contributed by atoms with van der Waals surface area (Å²) in [6.45, 7) is 2.89. The summed E-state index contributed by atoms with van der Waals surface area (Å²) in [6, 6.07) is 0. The van der Waals surface area contributed by atoms with Gasteiger partial charge in [0.2, 0.25) is 5.91 Å². The molecule has 7 nitrogen and oxygen atoms in total. The molecule has 0 atom stereocenters. The van der Waals surface area contributed by atoms with Gasteiger partial charge in [0, 0.05) is 32.2 Å². The summed E-state index contributed by atoms with van der Waals surface area (Å²) in [6.07, 6.45) is 12.0. The third-order valence-electron chi connectivity index (χ3n) is 4.16. The molecule has 0 heterocycles. The molecule has 0 aromatic carbocycles. The number of amides is 2. The molecule has 27 heavy (non-hydrogen) atoms. The number of carbonyl (C=O) groups is 4. The van der Waals surface area contributed by atoms with Gasteiger partial charge < -0.3 is 14.9 Å². The van der Waals surface area contributed by atoms with Crippen LogP contribution < -0.4 is 10.8 Å². The fourth-order valence-electron chi connectivity index (χ4n) is 2.54. The number of unbranched alkanes of at least 4 members (excludes halogenated alkanes) is 8. The van der Waals surface area contributed by atoms with Crippen LogP contribution in [-0.4, -0.2) is 30.6 Å². The molecule has 0 aliphatic heterocycles. The maximum atomic E-state index is 11.6. The average molecular weight is 385 g/mol. The summed E-state index contributed by atoms with van der Waals surface area (Å²) in [7, 11) is 0. The Morgan fingerprint density at radius 3 is 2.11 bits per heavy atom. The van der Waals surface area contributed by atoms with E-state index in [2.05, 4.69) is 17.1 Å². The second-order valence-electron chi connectivity index (χ2n) is 6.74. The van der Waals surface area contributed by atoms with Crippen molar-refractivity contribution < 1.29 is 24.0 Å². The quantitative estimate of drug-likeness (QED) is 0.227. The van der Waals surface area contributed by atoms with Gasteiger partial charge >= 0.3 is 5.97 Å². The SMILES string of the molecule is CCCCCCCC(=O)NCCCCCCCC(=O)ONC(=O)CCC=O. The molecular weight excluding hydrogens is 348 g/mol. The molecule has 7 heteroatoms. The Morgan fingerprint density at radius 1 is 0.778 bits per heavy atom. The minimum Gasteiger partial charge on any atom is -0.356 e. The van der Waals surface area contributed by atoms with Gasteiger partial charge in [0.05, 0.1) is 0 Å². The van der Waals surface area contributed by atoms with E-state index in [0.29, 0.717) is 25.7 Å². The predicted molar refractivity (Wildman–Crippen MR) is 104 cm³/mol. The van der Waals surface area contributed by atoms with Crippen LogP contribution >= 0.6 is 0 Å². The third-order valence-corrected chi connectivity index (χ3v) is 4.16. The molecule has 0 aromatic rings. The Bertz CT molecular complexity index is 427. The third kappa shape index (κ3) is 18.7. The summed E-state index contributed by atoms with van der Waals surface area (Å²) < 4.78 is 0. The molecule has 0 radical (unpaired) electrons. The number of hydroxylamine groups is 1. The van der Waals surface area contributed by atoms with E-state index in [4.69, 9.17) is 0 Å². The van der Waals surface area contributed by atoms with Gasteiger partial charge in [-0.15, -0.1) is 0 Å². The largest absolute Gasteiger partial charge is 0.356 e. The van der Waals surface area contributed by atoms with Crippen molar-refractivity contribution in [3.63, 3.8) is 0 Å². The van der Waals surface area contributed by atoms with Crippen molar-refractivity contribution in [2.75, 3.05) is 6.54 Å². The van der Waals surface area contributed by atoms with E-state index in [0.717, 1.165) is 38.5 Å². The van der Waals surface area contributed by atoms with E-state index in [1.807, 2.05) is 5.48 Å². The Morgan fingerprint density at radius 2 is 1.41 bits per heavy atom. The summed E-state index contributed by atoms with van der Waals surface area (Å²) in [5.74, 6) is -0.802. The maximum Gasteiger partial charge on any atom is 0.332 e. The molecule has 156 valence electrons. The lowest BCUT2D eigenvalue weighted by atomic mass is 10.1. The molecule has 0 saturated heterocycles. The lowest BCUT2D eigenvalue weighted by Gasteiger charge is -2.06. The van der Waals surface area contributed by atoms with Crippen molar-refractivity contribution >= 4 is 24.1 Å². The van der Waals surface area contributed by atoms with E-state index in [-0.39, 0.29) is 25.2 Å². The lowest BCUT2D eigenvalue weighted by molar-refractivity contribution is -0.158. The van der Waals surface area contributed by atoms with Crippen molar-refractivity contribution in [3.05, 3.63) is 0 Å². The average Bonchev–Trinajstić information content (AvgIpc) is 2.66. The molecule has 0 aliphatic rings. The minimum absolute atomic E-state index is 0.0200. The van der Waals surface area contributed by atoms with Crippen molar-refractivity contribution in [2.24, 2.45) is 0 Å². The van der Waals surface area contributed by atoms with E-state index in [9.17, 15) is 19.2 Å². The van der Waals surface area contributed by atoms with Crippen LogP contribution in [0.2, 0.25) is 0 Å². The fraction of sp³-hybridized carbons (Fsp3) is 0.800. The minimum atomic E-state index is -0.474.